The van der Waals surface area contributed by atoms with Gasteiger partial charge in [-0.15, -0.1) is 0 Å². The fourth-order valence-electron chi connectivity index (χ4n) is 3.23. The summed E-state index contributed by atoms with van der Waals surface area (Å²) in [5.41, 5.74) is 1.19. The van der Waals surface area contributed by atoms with Crippen molar-refractivity contribution >= 4 is 17.7 Å². The highest BCUT2D eigenvalue weighted by molar-refractivity contribution is 6.30. The van der Waals surface area contributed by atoms with Crippen molar-refractivity contribution in [1.82, 2.24) is 10.6 Å². The molecule has 1 unspecified atom stereocenters. The average Bonchev–Trinajstić information content (AvgIpc) is 3.07. The van der Waals surface area contributed by atoms with E-state index in [1.165, 1.54) is 29.8 Å². The molecule has 6 heteroatoms. The van der Waals surface area contributed by atoms with Crippen LogP contribution in [0.15, 0.2) is 48.5 Å². The van der Waals surface area contributed by atoms with Crippen molar-refractivity contribution in [3.63, 3.8) is 0 Å². The molecule has 1 aliphatic heterocycles. The van der Waals surface area contributed by atoms with Gasteiger partial charge in [0.05, 0.1) is 0 Å². The van der Waals surface area contributed by atoms with Gasteiger partial charge in [-0.3, -0.25) is 0 Å². The molecule has 4 nitrogen and oxygen atoms in total. The van der Waals surface area contributed by atoms with Crippen LogP contribution in [0.1, 0.15) is 18.4 Å². The number of carbonyl (C=O) groups excluding carboxylic acids is 1. The lowest BCUT2D eigenvalue weighted by Crippen LogP contribution is -2.42. The molecule has 2 aromatic rings. The minimum Gasteiger partial charge on any atom is -0.410 e. The van der Waals surface area contributed by atoms with Gasteiger partial charge < -0.3 is 15.4 Å². The van der Waals surface area contributed by atoms with E-state index in [-0.39, 0.29) is 17.8 Å². The van der Waals surface area contributed by atoms with Crippen molar-refractivity contribution < 1.29 is 13.9 Å². The minimum absolute atomic E-state index is 0.0800. The highest BCUT2D eigenvalue weighted by atomic mass is 35.5. The van der Waals surface area contributed by atoms with Crippen LogP contribution >= 0.6 is 11.6 Å². The molecule has 1 fully saturated rings. The van der Waals surface area contributed by atoms with Crippen molar-refractivity contribution in [3.05, 3.63) is 64.9 Å². The van der Waals surface area contributed by atoms with E-state index in [4.69, 9.17) is 16.3 Å². The highest BCUT2D eigenvalue weighted by Gasteiger charge is 2.33. The normalized spacial score (nSPS) is 20.9. The number of benzene rings is 2. The van der Waals surface area contributed by atoms with Gasteiger partial charge in [-0.25, -0.2) is 9.18 Å². The number of hydrogen-bond acceptors (Lipinski definition) is 3. The first-order valence-corrected chi connectivity index (χ1v) is 8.61. The molecular weight excluding hydrogens is 343 g/mol. The van der Waals surface area contributed by atoms with Crippen molar-refractivity contribution in [2.24, 2.45) is 5.92 Å². The average molecular weight is 363 g/mol. The van der Waals surface area contributed by atoms with E-state index in [1.807, 2.05) is 31.2 Å². The van der Waals surface area contributed by atoms with E-state index >= 15 is 0 Å². The van der Waals surface area contributed by atoms with E-state index in [0.29, 0.717) is 16.7 Å². The van der Waals surface area contributed by atoms with Gasteiger partial charge in [-0.2, -0.15) is 0 Å². The Morgan fingerprint density at radius 1 is 1.20 bits per heavy atom. The third kappa shape index (κ3) is 4.50. The Kier molecular flexibility index (Phi) is 5.56. The van der Waals surface area contributed by atoms with E-state index in [0.717, 1.165) is 13.1 Å². The summed E-state index contributed by atoms with van der Waals surface area (Å²) in [5.74, 6) is 0.467. The van der Waals surface area contributed by atoms with Crippen molar-refractivity contribution in [2.45, 2.75) is 18.9 Å². The fourth-order valence-corrected chi connectivity index (χ4v) is 3.36. The van der Waals surface area contributed by atoms with Crippen LogP contribution in [0.3, 0.4) is 0 Å². The summed E-state index contributed by atoms with van der Waals surface area (Å²) in [4.78, 5) is 12.1. The summed E-state index contributed by atoms with van der Waals surface area (Å²) in [6.45, 7) is 3.63. The number of nitrogens with one attached hydrogen (secondary N) is 2. The molecule has 0 saturated carbocycles. The predicted molar refractivity (Wildman–Crippen MR) is 95.6 cm³/mol. The number of ether oxygens (including phenoxy) is 1. The maximum absolute atomic E-state index is 12.9. The van der Waals surface area contributed by atoms with Crippen molar-refractivity contribution in [3.8, 4) is 5.75 Å². The number of halogens is 2. The molecule has 25 heavy (non-hydrogen) atoms. The fraction of sp³-hybridized carbons (Fsp3) is 0.316. The molecule has 1 amide bonds. The Morgan fingerprint density at radius 3 is 2.56 bits per heavy atom. The van der Waals surface area contributed by atoms with Crippen LogP contribution in [0, 0.1) is 11.7 Å². The van der Waals surface area contributed by atoms with Crippen LogP contribution in [0.5, 0.6) is 5.75 Å². The molecule has 0 radical (unpaired) electrons. The smallest absolute Gasteiger partial charge is 0.410 e. The Balaban J connectivity index is 1.61. The van der Waals surface area contributed by atoms with Gasteiger partial charge in [0, 0.05) is 30.1 Å². The summed E-state index contributed by atoms with van der Waals surface area (Å²) in [6.07, 6.45) is -0.541. The Hall–Kier alpha value is -2.11. The summed E-state index contributed by atoms with van der Waals surface area (Å²) >= 11 is 5.96. The lowest BCUT2D eigenvalue weighted by molar-refractivity contribution is 0.191. The first-order chi connectivity index (χ1) is 12.0. The topological polar surface area (TPSA) is 50.4 Å². The minimum atomic E-state index is -0.541. The monoisotopic (exact) mass is 362 g/mol. The first kappa shape index (κ1) is 17.7. The predicted octanol–water partition coefficient (Wildman–Crippen LogP) is 3.96. The van der Waals surface area contributed by atoms with Crippen LogP contribution in [0.2, 0.25) is 5.02 Å². The summed E-state index contributed by atoms with van der Waals surface area (Å²) < 4.78 is 18.1. The third-order valence-electron chi connectivity index (χ3n) is 4.57. The van der Waals surface area contributed by atoms with Crippen LogP contribution in [-0.4, -0.2) is 25.2 Å². The summed E-state index contributed by atoms with van der Waals surface area (Å²) in [5, 5.41) is 6.96. The van der Waals surface area contributed by atoms with Crippen LogP contribution < -0.4 is 15.4 Å². The molecule has 3 atom stereocenters. The zero-order valence-corrected chi connectivity index (χ0v) is 14.6. The van der Waals surface area contributed by atoms with E-state index in [9.17, 15) is 9.18 Å². The molecule has 0 spiro atoms. The zero-order valence-electron chi connectivity index (χ0n) is 13.8. The molecule has 1 heterocycles. The second-order valence-corrected chi connectivity index (χ2v) is 6.69. The second-order valence-electron chi connectivity index (χ2n) is 6.26. The number of hydrogen-bond donors (Lipinski definition) is 2. The highest BCUT2D eigenvalue weighted by Crippen LogP contribution is 2.31. The van der Waals surface area contributed by atoms with Crippen LogP contribution in [-0.2, 0) is 0 Å². The van der Waals surface area contributed by atoms with Crippen LogP contribution in [0.25, 0.3) is 0 Å². The molecule has 0 aromatic heterocycles. The molecule has 2 aromatic carbocycles. The SMILES string of the molecule is CC(NC(=O)Oc1ccc(F)cc1)[C@@H]1CNC[C@H]1c1ccc(Cl)cc1. The molecule has 0 aliphatic carbocycles. The standard InChI is InChI=1S/C19H20ClFN2O2/c1-12(23-19(24)25-16-8-6-15(21)7-9-16)17-10-22-11-18(17)13-2-4-14(20)5-3-13/h2-9,12,17-18,22H,10-11H2,1H3,(H,23,24)/t12?,17-,18-/m0/s1. The largest absolute Gasteiger partial charge is 0.412 e. The number of amides is 1. The maximum atomic E-state index is 12.9. The molecule has 1 saturated heterocycles. The van der Waals surface area contributed by atoms with Crippen molar-refractivity contribution in [2.75, 3.05) is 13.1 Å². The Bertz CT molecular complexity index is 721. The van der Waals surface area contributed by atoms with Gasteiger partial charge >= 0.3 is 6.09 Å². The van der Waals surface area contributed by atoms with Gasteiger partial charge in [0.25, 0.3) is 0 Å². The first-order valence-electron chi connectivity index (χ1n) is 8.23. The zero-order chi connectivity index (χ0) is 17.8. The molecule has 1 aliphatic rings. The molecule has 3 rings (SSSR count). The second kappa shape index (κ2) is 7.85. The maximum Gasteiger partial charge on any atom is 0.412 e. The molecule has 132 valence electrons. The van der Waals surface area contributed by atoms with Gasteiger partial charge in [0.1, 0.15) is 11.6 Å². The number of carbonyl (C=O) groups is 1. The van der Waals surface area contributed by atoms with Crippen LogP contribution in [0.4, 0.5) is 9.18 Å². The lowest BCUT2D eigenvalue weighted by atomic mass is 9.84. The quantitative estimate of drug-likeness (QED) is 0.865. The summed E-state index contributed by atoms with van der Waals surface area (Å²) in [6, 6.07) is 13.1. The molecular formula is C19H20ClFN2O2. The van der Waals surface area contributed by atoms with E-state index < -0.39 is 6.09 Å². The summed E-state index contributed by atoms with van der Waals surface area (Å²) in [7, 11) is 0. The van der Waals surface area contributed by atoms with E-state index in [2.05, 4.69) is 10.6 Å². The Morgan fingerprint density at radius 2 is 1.88 bits per heavy atom. The lowest BCUT2D eigenvalue weighted by Gasteiger charge is -2.26. The molecule has 2 N–H and O–H groups in total. The van der Waals surface area contributed by atoms with E-state index in [1.54, 1.807) is 0 Å². The Labute approximate surface area is 151 Å². The van der Waals surface area contributed by atoms with Gasteiger partial charge in [-0.1, -0.05) is 23.7 Å². The molecule has 0 bridgehead atoms. The van der Waals surface area contributed by atoms with Gasteiger partial charge in [0.15, 0.2) is 0 Å². The third-order valence-corrected chi connectivity index (χ3v) is 4.82. The van der Waals surface area contributed by atoms with Gasteiger partial charge in [-0.05, 0) is 54.8 Å². The number of rotatable bonds is 4. The van der Waals surface area contributed by atoms with Gasteiger partial charge in [0.2, 0.25) is 0 Å². The van der Waals surface area contributed by atoms with Crippen molar-refractivity contribution in [1.29, 1.82) is 0 Å².